The van der Waals surface area contributed by atoms with Crippen LogP contribution in [0.1, 0.15) is 26.1 Å². The molecule has 1 aromatic heterocycles. The Morgan fingerprint density at radius 3 is 2.95 bits per heavy atom. The van der Waals surface area contributed by atoms with Crippen LogP contribution in [0.25, 0.3) is 0 Å². The molecule has 110 valence electrons. The number of aromatic amines is 1. The number of nitrogens with one attached hydrogen (secondary N) is 2. The van der Waals surface area contributed by atoms with Crippen LogP contribution < -0.4 is 5.32 Å². The molecule has 2 rings (SSSR count). The van der Waals surface area contributed by atoms with Gasteiger partial charge in [-0.05, 0) is 13.8 Å². The molecular weight excluding hydrogens is 258 g/mol. The normalized spacial score (nSPS) is 18.7. The minimum atomic E-state index is -0.190. The van der Waals surface area contributed by atoms with Gasteiger partial charge in [-0.1, -0.05) is 0 Å². The molecule has 1 fully saturated rings. The van der Waals surface area contributed by atoms with Crippen molar-refractivity contribution in [1.82, 2.24) is 25.1 Å². The highest BCUT2D eigenvalue weighted by atomic mass is 16.2. The predicted molar refractivity (Wildman–Crippen MR) is 73.8 cm³/mol. The number of hydrogen-bond donors (Lipinski definition) is 2. The average Bonchev–Trinajstić information content (AvgIpc) is 2.98. The summed E-state index contributed by atoms with van der Waals surface area (Å²) in [5.74, 6) is 0.827. The molecule has 2 N–H and O–H groups in total. The number of likely N-dealkylation sites (tertiary alicyclic amines) is 1. The zero-order chi connectivity index (χ0) is 14.7. The van der Waals surface area contributed by atoms with Gasteiger partial charge in [0.05, 0.1) is 12.6 Å². The lowest BCUT2D eigenvalue weighted by Gasteiger charge is -2.22. The van der Waals surface area contributed by atoms with Crippen LogP contribution in [0.3, 0.4) is 0 Å². The van der Waals surface area contributed by atoms with Crippen LogP contribution in [-0.2, 0) is 11.3 Å². The van der Waals surface area contributed by atoms with E-state index in [1.54, 1.807) is 29.2 Å². The van der Waals surface area contributed by atoms with Crippen molar-refractivity contribution in [2.75, 3.05) is 13.6 Å². The predicted octanol–water partition coefficient (Wildman–Crippen LogP) is 0.560. The van der Waals surface area contributed by atoms with Crippen molar-refractivity contribution >= 4 is 11.9 Å². The Morgan fingerprint density at radius 2 is 2.40 bits per heavy atom. The fourth-order valence-electron chi connectivity index (χ4n) is 2.29. The van der Waals surface area contributed by atoms with Gasteiger partial charge in [-0.25, -0.2) is 9.78 Å². The minimum absolute atomic E-state index is 0.0963. The van der Waals surface area contributed by atoms with Gasteiger partial charge in [0.1, 0.15) is 5.82 Å². The second-order valence-electron chi connectivity index (χ2n) is 5.38. The molecule has 0 spiro atoms. The summed E-state index contributed by atoms with van der Waals surface area (Å²) in [5, 5.41) is 2.89. The molecule has 7 nitrogen and oxygen atoms in total. The third kappa shape index (κ3) is 3.28. The molecule has 0 unspecified atom stereocenters. The zero-order valence-corrected chi connectivity index (χ0v) is 12.1. The van der Waals surface area contributed by atoms with E-state index in [0.717, 1.165) is 5.82 Å². The topological polar surface area (TPSA) is 81.3 Å². The lowest BCUT2D eigenvalue weighted by atomic mass is 10.2. The average molecular weight is 279 g/mol. The maximum atomic E-state index is 12.1. The molecule has 0 bridgehead atoms. The second kappa shape index (κ2) is 5.94. The summed E-state index contributed by atoms with van der Waals surface area (Å²) in [6.07, 6.45) is 3.74. The summed E-state index contributed by atoms with van der Waals surface area (Å²) in [5.41, 5.74) is 0. The molecule has 0 radical (unpaired) electrons. The number of amides is 3. The van der Waals surface area contributed by atoms with Gasteiger partial charge in [-0.3, -0.25) is 4.79 Å². The zero-order valence-electron chi connectivity index (χ0n) is 12.1. The van der Waals surface area contributed by atoms with Crippen molar-refractivity contribution in [2.45, 2.75) is 38.9 Å². The van der Waals surface area contributed by atoms with E-state index in [2.05, 4.69) is 15.3 Å². The van der Waals surface area contributed by atoms with Crippen molar-refractivity contribution in [1.29, 1.82) is 0 Å². The summed E-state index contributed by atoms with van der Waals surface area (Å²) >= 11 is 0. The first-order valence-electron chi connectivity index (χ1n) is 6.76. The molecule has 1 aliphatic rings. The first kappa shape index (κ1) is 14.4. The summed E-state index contributed by atoms with van der Waals surface area (Å²) < 4.78 is 0. The SMILES string of the molecule is CC(C)N1C[C@H](NC(=O)N(C)Cc2ncc[nH]2)CC1=O. The van der Waals surface area contributed by atoms with Crippen LogP contribution in [0, 0.1) is 0 Å². The van der Waals surface area contributed by atoms with Crippen LogP contribution in [0.4, 0.5) is 4.79 Å². The molecule has 2 heterocycles. The van der Waals surface area contributed by atoms with Crippen molar-refractivity contribution in [3.05, 3.63) is 18.2 Å². The van der Waals surface area contributed by atoms with E-state index in [9.17, 15) is 9.59 Å². The Labute approximate surface area is 118 Å². The molecule has 1 aliphatic heterocycles. The number of urea groups is 1. The molecule has 0 aromatic carbocycles. The van der Waals surface area contributed by atoms with Crippen molar-refractivity contribution in [3.8, 4) is 0 Å². The van der Waals surface area contributed by atoms with Gasteiger partial charge in [-0.2, -0.15) is 0 Å². The van der Waals surface area contributed by atoms with Crippen LogP contribution in [0.2, 0.25) is 0 Å². The minimum Gasteiger partial charge on any atom is -0.347 e. The summed E-state index contributed by atoms with van der Waals surface area (Å²) in [6, 6.07) is -0.133. The molecular formula is C13H21N5O2. The molecule has 1 atom stereocenters. The molecule has 7 heteroatoms. The van der Waals surface area contributed by atoms with Gasteiger partial charge in [0.15, 0.2) is 0 Å². The maximum absolute atomic E-state index is 12.1. The highest BCUT2D eigenvalue weighted by Gasteiger charge is 2.32. The van der Waals surface area contributed by atoms with Crippen LogP contribution in [0.5, 0.6) is 0 Å². The van der Waals surface area contributed by atoms with E-state index in [0.29, 0.717) is 19.5 Å². The fourth-order valence-corrected chi connectivity index (χ4v) is 2.29. The Morgan fingerprint density at radius 1 is 1.65 bits per heavy atom. The standard InChI is InChI=1S/C13H21N5O2/c1-9(2)18-7-10(6-12(18)19)16-13(20)17(3)8-11-14-4-5-15-11/h4-5,9-10H,6-8H2,1-3H3,(H,14,15)(H,16,20)/t10-/m1/s1. The van der Waals surface area contributed by atoms with Crippen molar-refractivity contribution in [3.63, 3.8) is 0 Å². The lowest BCUT2D eigenvalue weighted by Crippen LogP contribution is -2.44. The van der Waals surface area contributed by atoms with Gasteiger partial charge >= 0.3 is 6.03 Å². The van der Waals surface area contributed by atoms with Crippen LogP contribution >= 0.6 is 0 Å². The molecule has 0 aliphatic carbocycles. The molecule has 1 aromatic rings. The molecule has 3 amide bonds. The lowest BCUT2D eigenvalue weighted by molar-refractivity contribution is -0.129. The third-order valence-corrected chi connectivity index (χ3v) is 3.40. The molecule has 0 saturated carbocycles. The van der Waals surface area contributed by atoms with Gasteiger partial charge in [-0.15, -0.1) is 0 Å². The number of carbonyl (C=O) groups is 2. The molecule has 20 heavy (non-hydrogen) atoms. The Bertz CT molecular complexity index is 471. The van der Waals surface area contributed by atoms with E-state index in [4.69, 9.17) is 0 Å². The van der Waals surface area contributed by atoms with E-state index < -0.39 is 0 Å². The van der Waals surface area contributed by atoms with Crippen molar-refractivity contribution in [2.24, 2.45) is 0 Å². The quantitative estimate of drug-likeness (QED) is 0.845. The van der Waals surface area contributed by atoms with Crippen molar-refractivity contribution < 1.29 is 9.59 Å². The fraction of sp³-hybridized carbons (Fsp3) is 0.615. The monoisotopic (exact) mass is 279 g/mol. The maximum Gasteiger partial charge on any atom is 0.317 e. The first-order chi connectivity index (χ1) is 9.47. The Hall–Kier alpha value is -2.05. The number of rotatable bonds is 4. The number of hydrogen-bond acceptors (Lipinski definition) is 3. The summed E-state index contributed by atoms with van der Waals surface area (Å²) in [4.78, 5) is 34.2. The van der Waals surface area contributed by atoms with Gasteiger partial charge < -0.3 is 20.1 Å². The van der Waals surface area contributed by atoms with Gasteiger partial charge in [0.2, 0.25) is 5.91 Å². The first-order valence-corrected chi connectivity index (χ1v) is 6.76. The van der Waals surface area contributed by atoms with Gasteiger partial charge in [0, 0.05) is 38.4 Å². The summed E-state index contributed by atoms with van der Waals surface area (Å²) in [6.45, 7) is 4.94. The van der Waals surface area contributed by atoms with E-state index in [1.165, 1.54) is 0 Å². The Balaban J connectivity index is 1.84. The number of carbonyl (C=O) groups excluding carboxylic acids is 2. The summed E-state index contributed by atoms with van der Waals surface area (Å²) in [7, 11) is 1.70. The number of imidazole rings is 1. The number of nitrogens with zero attached hydrogens (tertiary/aromatic N) is 3. The second-order valence-corrected chi connectivity index (χ2v) is 5.38. The third-order valence-electron chi connectivity index (χ3n) is 3.40. The van der Waals surface area contributed by atoms with Gasteiger partial charge in [0.25, 0.3) is 0 Å². The van der Waals surface area contributed by atoms with Crippen LogP contribution in [-0.4, -0.2) is 57.4 Å². The van der Waals surface area contributed by atoms with E-state index >= 15 is 0 Å². The van der Waals surface area contributed by atoms with E-state index in [1.807, 2.05) is 13.8 Å². The van der Waals surface area contributed by atoms with E-state index in [-0.39, 0.29) is 24.0 Å². The number of H-pyrrole nitrogens is 1. The molecule has 1 saturated heterocycles. The Kier molecular flexibility index (Phi) is 4.26. The highest BCUT2D eigenvalue weighted by Crippen LogP contribution is 2.14. The smallest absolute Gasteiger partial charge is 0.317 e. The number of aromatic nitrogens is 2. The largest absolute Gasteiger partial charge is 0.347 e. The highest BCUT2D eigenvalue weighted by molar-refractivity contribution is 5.81. The van der Waals surface area contributed by atoms with Crippen LogP contribution in [0.15, 0.2) is 12.4 Å².